The van der Waals surface area contributed by atoms with Crippen molar-refractivity contribution in [3.8, 4) is 0 Å². The molecule has 0 aliphatic rings. The Morgan fingerprint density at radius 2 is 0.714 bits per heavy atom. The second-order valence-corrected chi connectivity index (χ2v) is 28.1. The predicted molar refractivity (Wildman–Crippen MR) is 369 cm³/mol. The van der Waals surface area contributed by atoms with Crippen LogP contribution in [0, 0.1) is 0 Å². The molecule has 0 rings (SSSR count). The highest BCUT2D eigenvalue weighted by molar-refractivity contribution is 7.47. The third-order valence-electron chi connectivity index (χ3n) is 17.1. The quantitative estimate of drug-likeness (QED) is 0.0243. The maximum Gasteiger partial charge on any atom is 0.472 e. The number of carbonyl (C=O) groups is 1. The van der Waals surface area contributed by atoms with Crippen LogP contribution in [0.3, 0.4) is 0 Å². The minimum Gasteiger partial charge on any atom is -0.391 e. The summed E-state index contributed by atoms with van der Waals surface area (Å²) in [5, 5.41) is 14.2. The molecule has 8 nitrogen and oxygen atoms in total. The van der Waals surface area contributed by atoms with E-state index in [0.717, 1.165) is 64.2 Å². The van der Waals surface area contributed by atoms with Crippen LogP contribution in [-0.4, -0.2) is 73.4 Å². The van der Waals surface area contributed by atoms with Crippen LogP contribution in [0.1, 0.15) is 373 Å². The number of nitrogens with zero attached hydrogens (tertiary/aromatic N) is 1. The topological polar surface area (TPSA) is 105 Å². The van der Waals surface area contributed by atoms with Crippen molar-refractivity contribution in [3.05, 3.63) is 48.6 Å². The number of likely N-dealkylation sites (N-methyl/N-ethyl adjacent to an activating group) is 1. The highest BCUT2D eigenvalue weighted by atomic mass is 31.2. The molecule has 0 aromatic rings. The first kappa shape index (κ1) is 82.5. The fourth-order valence-corrected chi connectivity index (χ4v) is 12.1. The number of quaternary nitrogens is 1. The number of amides is 1. The first-order valence-corrected chi connectivity index (χ1v) is 38.5. The van der Waals surface area contributed by atoms with E-state index in [0.29, 0.717) is 23.9 Å². The van der Waals surface area contributed by atoms with Gasteiger partial charge in [0.05, 0.1) is 39.9 Å². The number of unbranched alkanes of at least 4 members (excludes halogenated alkanes) is 48. The summed E-state index contributed by atoms with van der Waals surface area (Å²) in [4.78, 5) is 23.5. The van der Waals surface area contributed by atoms with Gasteiger partial charge in [-0.2, -0.15) is 0 Å². The van der Waals surface area contributed by atoms with Crippen molar-refractivity contribution in [3.63, 3.8) is 0 Å². The largest absolute Gasteiger partial charge is 0.472 e. The van der Waals surface area contributed by atoms with Crippen LogP contribution in [0.4, 0.5) is 0 Å². The Kier molecular flexibility index (Phi) is 64.7. The fourth-order valence-electron chi connectivity index (χ4n) is 11.4. The second-order valence-electron chi connectivity index (χ2n) is 26.7. The molecule has 0 fully saturated rings. The van der Waals surface area contributed by atoms with Crippen LogP contribution in [0.25, 0.3) is 0 Å². The van der Waals surface area contributed by atoms with Crippen molar-refractivity contribution in [2.24, 2.45) is 0 Å². The van der Waals surface area contributed by atoms with Crippen LogP contribution in [0.15, 0.2) is 48.6 Å². The third-order valence-corrected chi connectivity index (χ3v) is 18.1. The van der Waals surface area contributed by atoms with Gasteiger partial charge in [-0.3, -0.25) is 13.8 Å². The van der Waals surface area contributed by atoms with E-state index in [4.69, 9.17) is 9.05 Å². The Bertz CT molecular complexity index is 1510. The zero-order chi connectivity index (χ0) is 61.2. The Labute approximate surface area is 524 Å². The van der Waals surface area contributed by atoms with Crippen LogP contribution < -0.4 is 5.32 Å². The normalized spacial score (nSPS) is 13.8. The molecular formula is C75H146N2O6P+. The minimum absolute atomic E-state index is 0.0764. The molecule has 0 aromatic carbocycles. The van der Waals surface area contributed by atoms with E-state index in [1.165, 1.54) is 283 Å². The molecule has 0 aliphatic heterocycles. The number of aliphatic hydroxyl groups is 1. The van der Waals surface area contributed by atoms with Crippen molar-refractivity contribution in [1.82, 2.24) is 5.32 Å². The zero-order valence-electron chi connectivity index (χ0n) is 56.9. The third kappa shape index (κ3) is 68.0. The summed E-state index contributed by atoms with van der Waals surface area (Å²) >= 11 is 0. The van der Waals surface area contributed by atoms with Gasteiger partial charge in [-0.05, 0) is 51.4 Å². The highest BCUT2D eigenvalue weighted by Crippen LogP contribution is 2.43. The molecule has 0 saturated carbocycles. The van der Waals surface area contributed by atoms with Gasteiger partial charge in [-0.15, -0.1) is 0 Å². The van der Waals surface area contributed by atoms with E-state index in [2.05, 4.69) is 67.8 Å². The van der Waals surface area contributed by atoms with Gasteiger partial charge in [0.15, 0.2) is 0 Å². The van der Waals surface area contributed by atoms with Crippen molar-refractivity contribution < 1.29 is 32.9 Å². The van der Waals surface area contributed by atoms with Crippen molar-refractivity contribution in [2.45, 2.75) is 386 Å². The molecule has 3 unspecified atom stereocenters. The summed E-state index contributed by atoms with van der Waals surface area (Å²) in [6, 6.07) is -0.762. The molecule has 0 heterocycles. The summed E-state index contributed by atoms with van der Waals surface area (Å²) in [5.74, 6) is -0.137. The number of aliphatic hydroxyl groups excluding tert-OH is 1. The minimum atomic E-state index is -4.33. The molecule has 0 spiro atoms. The Morgan fingerprint density at radius 1 is 0.417 bits per heavy atom. The van der Waals surface area contributed by atoms with Gasteiger partial charge in [0, 0.05) is 6.42 Å². The van der Waals surface area contributed by atoms with E-state index < -0.39 is 20.0 Å². The SMILES string of the molecule is CC/C=C\C/C=C\C/C=C\C/C=C\CCCCCCCCCCCCCCCCCCCCCCC(=O)NC(COP(=O)(O)OCC[N+](C)(C)C)C(O)CCCCCCCCCCCCCCCCCCCCCCCCCCCCCCC. The number of carbonyl (C=O) groups excluding carboxylic acids is 1. The lowest BCUT2D eigenvalue weighted by atomic mass is 10.0. The first-order chi connectivity index (χ1) is 41.0. The number of phosphoric acid groups is 1. The Balaban J connectivity index is 3.97. The summed E-state index contributed by atoms with van der Waals surface area (Å²) in [6.07, 6.45) is 89.5. The number of phosphoric ester groups is 1. The Morgan fingerprint density at radius 3 is 1.05 bits per heavy atom. The van der Waals surface area contributed by atoms with E-state index >= 15 is 0 Å². The van der Waals surface area contributed by atoms with E-state index in [9.17, 15) is 19.4 Å². The average Bonchev–Trinajstić information content (AvgIpc) is 3.56. The molecule has 0 saturated heterocycles. The maximum absolute atomic E-state index is 13.1. The lowest BCUT2D eigenvalue weighted by molar-refractivity contribution is -0.870. The molecule has 84 heavy (non-hydrogen) atoms. The molecule has 0 radical (unpaired) electrons. The molecule has 0 aliphatic carbocycles. The monoisotopic (exact) mass is 1200 g/mol. The number of rotatable bonds is 69. The van der Waals surface area contributed by atoms with E-state index in [-0.39, 0.29) is 19.1 Å². The van der Waals surface area contributed by atoms with Crippen molar-refractivity contribution >= 4 is 13.7 Å². The number of allylic oxidation sites excluding steroid dienone is 8. The first-order valence-electron chi connectivity index (χ1n) is 37.0. The van der Waals surface area contributed by atoms with Crippen LogP contribution in [0.2, 0.25) is 0 Å². The van der Waals surface area contributed by atoms with Crippen LogP contribution in [-0.2, 0) is 18.4 Å². The summed E-state index contributed by atoms with van der Waals surface area (Å²) in [5.41, 5.74) is 0. The fraction of sp³-hybridized carbons (Fsp3) is 0.880. The number of hydrogen-bond acceptors (Lipinski definition) is 5. The number of hydrogen-bond donors (Lipinski definition) is 3. The van der Waals surface area contributed by atoms with Gasteiger partial charge in [0.25, 0.3) is 0 Å². The summed E-state index contributed by atoms with van der Waals surface area (Å²) in [7, 11) is 1.63. The molecule has 9 heteroatoms. The predicted octanol–water partition coefficient (Wildman–Crippen LogP) is 23.8. The van der Waals surface area contributed by atoms with Gasteiger partial charge < -0.3 is 19.8 Å². The lowest BCUT2D eigenvalue weighted by Crippen LogP contribution is -2.46. The van der Waals surface area contributed by atoms with E-state index in [1.54, 1.807) is 0 Å². The van der Waals surface area contributed by atoms with Gasteiger partial charge in [0.1, 0.15) is 13.2 Å². The molecule has 0 bridgehead atoms. The van der Waals surface area contributed by atoms with Crippen LogP contribution >= 0.6 is 7.82 Å². The molecule has 0 aromatic heterocycles. The van der Waals surface area contributed by atoms with Crippen molar-refractivity contribution in [1.29, 1.82) is 0 Å². The summed E-state index contributed by atoms with van der Waals surface area (Å²) < 4.78 is 23.9. The van der Waals surface area contributed by atoms with Gasteiger partial charge in [0.2, 0.25) is 5.91 Å². The Hall–Kier alpha value is -1.54. The van der Waals surface area contributed by atoms with E-state index in [1.807, 2.05) is 21.1 Å². The van der Waals surface area contributed by atoms with Gasteiger partial charge in [-0.25, -0.2) is 4.57 Å². The summed E-state index contributed by atoms with van der Waals surface area (Å²) in [6.45, 7) is 4.84. The standard InChI is InChI=1S/C75H145N2O6P/c1-6-8-10-12-14-16-18-20-22-24-26-28-30-32-34-36-37-38-39-41-43-45-47-49-51-53-55-57-59-61-63-65-67-69-75(79)76-73(72-83-84(80,81)82-71-70-77(3,4)5)74(78)68-66-64-62-60-58-56-54-52-50-48-46-44-42-40-35-33-31-29-27-25-23-21-19-17-15-13-11-9-7-2/h8,10,14,16,20,22,26,28,73-74,78H,6-7,9,11-13,15,17-19,21,23-25,27,29-72H2,1-5H3,(H-,76,79,80,81)/p+1/b10-8-,16-14-,22-20-,28-26-. The van der Waals surface area contributed by atoms with Gasteiger partial charge >= 0.3 is 7.82 Å². The molecule has 496 valence electrons. The molecule has 1 amide bonds. The lowest BCUT2D eigenvalue weighted by Gasteiger charge is -2.26. The molecule has 3 atom stereocenters. The highest BCUT2D eigenvalue weighted by Gasteiger charge is 2.28. The molecule has 3 N–H and O–H groups in total. The smallest absolute Gasteiger partial charge is 0.391 e. The maximum atomic E-state index is 13.1. The average molecular weight is 1200 g/mol. The zero-order valence-corrected chi connectivity index (χ0v) is 57.8. The van der Waals surface area contributed by atoms with Crippen molar-refractivity contribution in [2.75, 3.05) is 40.9 Å². The number of nitrogens with one attached hydrogen (secondary N) is 1. The second kappa shape index (κ2) is 65.9. The van der Waals surface area contributed by atoms with Gasteiger partial charge in [-0.1, -0.05) is 364 Å². The molecular weight excluding hydrogens is 1060 g/mol. The van der Waals surface area contributed by atoms with Crippen LogP contribution in [0.5, 0.6) is 0 Å².